The highest BCUT2D eigenvalue weighted by Gasteiger charge is 2.34. The normalized spacial score (nSPS) is 19.7. The maximum Gasteiger partial charge on any atom is 0.236 e. The second kappa shape index (κ2) is 6.38. The molecule has 0 bridgehead atoms. The van der Waals surface area contributed by atoms with Crippen molar-refractivity contribution in [2.45, 2.75) is 5.92 Å². The van der Waals surface area contributed by atoms with Gasteiger partial charge >= 0.3 is 0 Å². The Morgan fingerprint density at radius 2 is 2.17 bits per heavy atom. The van der Waals surface area contributed by atoms with Crippen molar-refractivity contribution in [3.63, 3.8) is 0 Å². The third-order valence-corrected chi connectivity index (χ3v) is 5.08. The number of amides is 1. The van der Waals surface area contributed by atoms with Crippen LogP contribution in [0.5, 0.6) is 0 Å². The summed E-state index contributed by atoms with van der Waals surface area (Å²) in [5.74, 6) is 1.73. The van der Waals surface area contributed by atoms with Gasteiger partial charge in [-0.3, -0.25) is 9.69 Å². The number of carbonyl (C=O) groups excluding carboxylic acids is 1. The molecule has 0 spiro atoms. The van der Waals surface area contributed by atoms with E-state index < -0.39 is 0 Å². The van der Waals surface area contributed by atoms with E-state index in [1.54, 1.807) is 11.3 Å². The number of ether oxygens (including phenoxy) is 1. The van der Waals surface area contributed by atoms with Crippen molar-refractivity contribution < 1.29 is 14.1 Å². The van der Waals surface area contributed by atoms with E-state index in [0.29, 0.717) is 44.6 Å². The number of rotatable bonds is 4. The van der Waals surface area contributed by atoms with Crippen LogP contribution in [0.3, 0.4) is 0 Å². The summed E-state index contributed by atoms with van der Waals surface area (Å²) in [4.78, 5) is 21.7. The molecule has 4 heterocycles. The predicted molar refractivity (Wildman–Crippen MR) is 84.2 cm³/mol. The highest BCUT2D eigenvalue weighted by molar-refractivity contribution is 7.13. The van der Waals surface area contributed by atoms with Crippen LogP contribution in [0, 0.1) is 0 Å². The number of aromatic nitrogens is 2. The monoisotopic (exact) mass is 334 g/mol. The predicted octanol–water partition coefficient (Wildman–Crippen LogP) is 1.06. The van der Waals surface area contributed by atoms with Crippen LogP contribution in [0.1, 0.15) is 11.8 Å². The minimum atomic E-state index is 0.177. The van der Waals surface area contributed by atoms with Crippen LogP contribution < -0.4 is 0 Å². The first-order valence-corrected chi connectivity index (χ1v) is 8.63. The molecule has 23 heavy (non-hydrogen) atoms. The van der Waals surface area contributed by atoms with Gasteiger partial charge in [-0.25, -0.2) is 0 Å². The van der Waals surface area contributed by atoms with Crippen LogP contribution >= 0.6 is 11.3 Å². The quantitative estimate of drug-likeness (QED) is 0.832. The Kier molecular flexibility index (Phi) is 4.11. The molecular formula is C15H18N4O3S. The standard InChI is InChI=1S/C15H18N4O3S/c20-13(19-3-5-21-6-4-19)10-18-8-11(9-18)15-16-14(17-22-15)12-2-1-7-23-12/h1-2,7,11H,3-6,8-10H2. The van der Waals surface area contributed by atoms with Crippen LogP contribution in [-0.2, 0) is 9.53 Å². The molecule has 2 aliphatic rings. The van der Waals surface area contributed by atoms with E-state index in [2.05, 4.69) is 15.0 Å². The first kappa shape index (κ1) is 14.8. The highest BCUT2D eigenvalue weighted by Crippen LogP contribution is 2.28. The van der Waals surface area contributed by atoms with Gasteiger partial charge in [-0.1, -0.05) is 11.2 Å². The minimum Gasteiger partial charge on any atom is -0.378 e. The van der Waals surface area contributed by atoms with E-state index in [1.807, 2.05) is 22.4 Å². The van der Waals surface area contributed by atoms with E-state index >= 15 is 0 Å². The summed E-state index contributed by atoms with van der Waals surface area (Å²) < 4.78 is 10.6. The molecule has 8 heteroatoms. The third-order valence-electron chi connectivity index (χ3n) is 4.21. The average Bonchev–Trinajstić information content (AvgIpc) is 3.22. The second-order valence-electron chi connectivity index (χ2n) is 5.82. The Morgan fingerprint density at radius 1 is 1.35 bits per heavy atom. The van der Waals surface area contributed by atoms with E-state index in [-0.39, 0.29) is 11.8 Å². The van der Waals surface area contributed by atoms with Crippen molar-refractivity contribution in [1.29, 1.82) is 0 Å². The molecule has 0 saturated carbocycles. The van der Waals surface area contributed by atoms with Crippen molar-refractivity contribution in [2.24, 2.45) is 0 Å². The smallest absolute Gasteiger partial charge is 0.236 e. The van der Waals surface area contributed by atoms with Crippen LogP contribution in [0.4, 0.5) is 0 Å². The lowest BCUT2D eigenvalue weighted by Gasteiger charge is -2.38. The van der Waals surface area contributed by atoms with Crippen molar-refractivity contribution in [3.05, 3.63) is 23.4 Å². The summed E-state index contributed by atoms with van der Waals surface area (Å²) in [5, 5.41) is 6.03. The molecule has 2 aromatic heterocycles. The molecule has 0 aromatic carbocycles. The Hall–Kier alpha value is -1.77. The number of carbonyl (C=O) groups is 1. The molecule has 2 aliphatic heterocycles. The Labute approximate surface area is 137 Å². The van der Waals surface area contributed by atoms with Crippen molar-refractivity contribution in [2.75, 3.05) is 45.9 Å². The molecule has 0 unspecified atom stereocenters. The zero-order valence-electron chi connectivity index (χ0n) is 12.7. The highest BCUT2D eigenvalue weighted by atomic mass is 32.1. The van der Waals surface area contributed by atoms with Crippen LogP contribution in [0.15, 0.2) is 22.0 Å². The number of thiophene rings is 1. The maximum absolute atomic E-state index is 12.2. The first-order valence-electron chi connectivity index (χ1n) is 7.75. The van der Waals surface area contributed by atoms with Crippen molar-refractivity contribution >= 4 is 17.2 Å². The topological polar surface area (TPSA) is 71.7 Å². The molecule has 2 aromatic rings. The van der Waals surface area contributed by atoms with Gasteiger partial charge in [-0.2, -0.15) is 4.98 Å². The van der Waals surface area contributed by atoms with Crippen LogP contribution in [0.2, 0.25) is 0 Å². The molecule has 2 saturated heterocycles. The van der Waals surface area contributed by atoms with Gasteiger partial charge in [0.15, 0.2) is 0 Å². The lowest BCUT2D eigenvalue weighted by Crippen LogP contribution is -2.52. The van der Waals surface area contributed by atoms with Crippen LogP contribution in [0.25, 0.3) is 10.7 Å². The molecular weight excluding hydrogens is 316 g/mol. The fourth-order valence-corrected chi connectivity index (χ4v) is 3.52. The molecule has 122 valence electrons. The number of hydrogen-bond donors (Lipinski definition) is 0. The third kappa shape index (κ3) is 3.15. The summed E-state index contributed by atoms with van der Waals surface area (Å²) in [7, 11) is 0. The Morgan fingerprint density at radius 3 is 2.91 bits per heavy atom. The molecule has 1 amide bonds. The number of hydrogen-bond acceptors (Lipinski definition) is 7. The van der Waals surface area contributed by atoms with Crippen molar-refractivity contribution in [3.8, 4) is 10.7 Å². The van der Waals surface area contributed by atoms with E-state index in [4.69, 9.17) is 9.26 Å². The lowest BCUT2D eigenvalue weighted by molar-refractivity contribution is -0.137. The minimum absolute atomic E-state index is 0.177. The molecule has 0 radical (unpaired) electrons. The van der Waals surface area contributed by atoms with Crippen molar-refractivity contribution in [1.82, 2.24) is 19.9 Å². The van der Waals surface area contributed by atoms with Gasteiger partial charge in [0.1, 0.15) is 0 Å². The Balaban J connectivity index is 1.29. The van der Waals surface area contributed by atoms with E-state index in [0.717, 1.165) is 18.0 Å². The van der Waals surface area contributed by atoms with Gasteiger partial charge in [-0.05, 0) is 11.4 Å². The summed E-state index contributed by atoms with van der Waals surface area (Å²) in [6, 6.07) is 3.95. The lowest BCUT2D eigenvalue weighted by atomic mass is 10.0. The zero-order chi connectivity index (χ0) is 15.6. The molecule has 4 rings (SSSR count). The van der Waals surface area contributed by atoms with E-state index in [1.165, 1.54) is 0 Å². The van der Waals surface area contributed by atoms with Crippen LogP contribution in [-0.4, -0.2) is 71.8 Å². The van der Waals surface area contributed by atoms with Gasteiger partial charge < -0.3 is 14.2 Å². The molecule has 0 N–H and O–H groups in total. The largest absolute Gasteiger partial charge is 0.378 e. The number of likely N-dealkylation sites (tertiary alicyclic amines) is 1. The Bertz CT molecular complexity index is 660. The second-order valence-corrected chi connectivity index (χ2v) is 6.77. The number of nitrogens with zero attached hydrogens (tertiary/aromatic N) is 4. The molecule has 0 aliphatic carbocycles. The molecule has 2 fully saturated rings. The van der Waals surface area contributed by atoms with Gasteiger partial charge in [0, 0.05) is 26.2 Å². The first-order chi connectivity index (χ1) is 11.3. The SMILES string of the molecule is O=C(CN1CC(c2nc(-c3cccs3)no2)C1)N1CCOCC1. The maximum atomic E-state index is 12.2. The summed E-state index contributed by atoms with van der Waals surface area (Å²) >= 11 is 1.60. The summed E-state index contributed by atoms with van der Waals surface area (Å²) in [6.45, 7) is 4.73. The fraction of sp³-hybridized carbons (Fsp3) is 0.533. The van der Waals surface area contributed by atoms with Gasteiger partial charge in [0.25, 0.3) is 0 Å². The van der Waals surface area contributed by atoms with Gasteiger partial charge in [0.2, 0.25) is 17.6 Å². The summed E-state index contributed by atoms with van der Waals surface area (Å²) in [6.07, 6.45) is 0. The number of morpholine rings is 1. The summed E-state index contributed by atoms with van der Waals surface area (Å²) in [5.41, 5.74) is 0. The van der Waals surface area contributed by atoms with Gasteiger partial charge in [-0.15, -0.1) is 11.3 Å². The van der Waals surface area contributed by atoms with E-state index in [9.17, 15) is 4.79 Å². The van der Waals surface area contributed by atoms with Gasteiger partial charge in [0.05, 0.1) is 30.6 Å². The fourth-order valence-electron chi connectivity index (χ4n) is 2.87. The zero-order valence-corrected chi connectivity index (χ0v) is 13.5. The molecule has 0 atom stereocenters. The molecule has 7 nitrogen and oxygen atoms in total. The average molecular weight is 334 g/mol.